The van der Waals surface area contributed by atoms with Crippen molar-refractivity contribution in [3.05, 3.63) is 108 Å². The number of hydrogen-bond acceptors (Lipinski definition) is 4. The Labute approximate surface area is 192 Å². The predicted molar refractivity (Wildman–Crippen MR) is 127 cm³/mol. The highest BCUT2D eigenvalue weighted by atomic mass is 16.5. The number of benzene rings is 3. The zero-order valence-corrected chi connectivity index (χ0v) is 18.4. The molecule has 1 aromatic heterocycles. The molecule has 0 bridgehead atoms. The van der Waals surface area contributed by atoms with E-state index >= 15 is 0 Å². The third-order valence-corrected chi connectivity index (χ3v) is 5.10. The number of nitrogens with zero attached hydrogens (tertiary/aromatic N) is 1. The van der Waals surface area contributed by atoms with Crippen LogP contribution in [0.4, 0.5) is 5.69 Å². The molecule has 0 atom stereocenters. The van der Waals surface area contributed by atoms with Crippen molar-refractivity contribution in [3.8, 4) is 17.2 Å². The summed E-state index contributed by atoms with van der Waals surface area (Å²) in [4.78, 5) is 25.0. The van der Waals surface area contributed by atoms with E-state index < -0.39 is 18.5 Å². The number of anilines is 1. The maximum atomic E-state index is 12.6. The van der Waals surface area contributed by atoms with Crippen molar-refractivity contribution in [3.63, 3.8) is 0 Å². The Hall–Kier alpha value is -4.32. The van der Waals surface area contributed by atoms with E-state index in [1.165, 1.54) is 0 Å². The van der Waals surface area contributed by atoms with E-state index in [0.717, 1.165) is 17.1 Å². The zero-order chi connectivity index (χ0) is 23.2. The number of ether oxygens (including phenoxy) is 2. The molecule has 166 valence electrons. The van der Waals surface area contributed by atoms with Crippen molar-refractivity contribution in [1.29, 1.82) is 0 Å². The number of hydrogen-bond donors (Lipinski definition) is 1. The first kappa shape index (κ1) is 21.9. The summed E-state index contributed by atoms with van der Waals surface area (Å²) in [5.41, 5.74) is 3.61. The molecule has 4 aromatic rings. The maximum Gasteiger partial charge on any atom is 0.340 e. The van der Waals surface area contributed by atoms with Gasteiger partial charge in [0, 0.05) is 28.8 Å². The van der Waals surface area contributed by atoms with Crippen LogP contribution in [-0.4, -0.2) is 23.1 Å². The number of aromatic nitrogens is 1. The molecule has 0 saturated carbocycles. The Bertz CT molecular complexity index is 1260. The molecule has 3 aromatic carbocycles. The van der Waals surface area contributed by atoms with Crippen LogP contribution in [0.2, 0.25) is 0 Å². The molecular weight excluding hydrogens is 416 g/mol. The van der Waals surface area contributed by atoms with Crippen molar-refractivity contribution < 1.29 is 19.1 Å². The molecule has 0 radical (unpaired) electrons. The van der Waals surface area contributed by atoms with Crippen LogP contribution in [0.1, 0.15) is 21.7 Å². The van der Waals surface area contributed by atoms with E-state index in [1.54, 1.807) is 30.3 Å². The highest BCUT2D eigenvalue weighted by Crippen LogP contribution is 2.24. The number of carbonyl (C=O) groups excluding carboxylic acids is 2. The van der Waals surface area contributed by atoms with E-state index in [1.807, 2.05) is 79.1 Å². The van der Waals surface area contributed by atoms with Gasteiger partial charge in [-0.1, -0.05) is 42.5 Å². The first-order chi connectivity index (χ1) is 16.0. The van der Waals surface area contributed by atoms with Crippen LogP contribution in [0.15, 0.2) is 91.0 Å². The highest BCUT2D eigenvalue weighted by molar-refractivity contribution is 5.96. The molecule has 0 spiro atoms. The number of amides is 1. The fraction of sp³-hybridized carbons (Fsp3) is 0.111. The van der Waals surface area contributed by atoms with Crippen molar-refractivity contribution in [2.45, 2.75) is 13.8 Å². The van der Waals surface area contributed by atoms with E-state index in [0.29, 0.717) is 22.7 Å². The average Bonchev–Trinajstić information content (AvgIpc) is 3.13. The molecule has 33 heavy (non-hydrogen) atoms. The van der Waals surface area contributed by atoms with Crippen LogP contribution in [0.5, 0.6) is 11.5 Å². The van der Waals surface area contributed by atoms with Crippen molar-refractivity contribution in [2.75, 3.05) is 11.9 Å². The second kappa shape index (κ2) is 9.87. The van der Waals surface area contributed by atoms with Crippen LogP contribution in [0, 0.1) is 13.8 Å². The minimum absolute atomic E-state index is 0.391. The summed E-state index contributed by atoms with van der Waals surface area (Å²) in [5.74, 6) is 0.311. The van der Waals surface area contributed by atoms with E-state index in [-0.39, 0.29) is 0 Å². The van der Waals surface area contributed by atoms with Gasteiger partial charge in [-0.25, -0.2) is 4.79 Å². The quantitative estimate of drug-likeness (QED) is 0.375. The number of esters is 1. The van der Waals surface area contributed by atoms with Gasteiger partial charge in [-0.3, -0.25) is 4.79 Å². The summed E-state index contributed by atoms with van der Waals surface area (Å²) < 4.78 is 13.0. The van der Waals surface area contributed by atoms with Gasteiger partial charge in [0.05, 0.1) is 5.56 Å². The van der Waals surface area contributed by atoms with Crippen LogP contribution in [0.3, 0.4) is 0 Å². The molecule has 0 aliphatic carbocycles. The zero-order valence-electron chi connectivity index (χ0n) is 18.4. The molecule has 0 fully saturated rings. The lowest BCUT2D eigenvalue weighted by Crippen LogP contribution is -2.21. The first-order valence-electron chi connectivity index (χ1n) is 10.6. The molecule has 0 aliphatic heterocycles. The standard InChI is InChI=1S/C27H24N2O4/c1-19-16-25(20(2)29(19)22-11-5-3-6-12-22)27(31)32-18-26(30)28-21-10-9-15-24(17-21)33-23-13-7-4-8-14-23/h3-17H,18H2,1-2H3,(H,28,30). The lowest BCUT2D eigenvalue weighted by molar-refractivity contribution is -0.119. The number of carbonyl (C=O) groups is 2. The topological polar surface area (TPSA) is 69.6 Å². The summed E-state index contributed by atoms with van der Waals surface area (Å²) >= 11 is 0. The van der Waals surface area contributed by atoms with Crippen LogP contribution in [0.25, 0.3) is 5.69 Å². The highest BCUT2D eigenvalue weighted by Gasteiger charge is 2.19. The molecule has 1 amide bonds. The van der Waals surface area contributed by atoms with E-state index in [9.17, 15) is 9.59 Å². The monoisotopic (exact) mass is 440 g/mol. The van der Waals surface area contributed by atoms with Gasteiger partial charge >= 0.3 is 5.97 Å². The second-order valence-corrected chi connectivity index (χ2v) is 7.52. The van der Waals surface area contributed by atoms with E-state index in [2.05, 4.69) is 5.32 Å². The van der Waals surface area contributed by atoms with Crippen molar-refractivity contribution >= 4 is 17.6 Å². The first-order valence-corrected chi connectivity index (χ1v) is 10.6. The molecule has 1 heterocycles. The lowest BCUT2D eigenvalue weighted by atomic mass is 10.2. The Morgan fingerprint density at radius 1 is 0.818 bits per heavy atom. The number of aryl methyl sites for hydroxylation is 1. The molecule has 6 heteroatoms. The van der Waals surface area contributed by atoms with Gasteiger partial charge < -0.3 is 19.4 Å². The average molecular weight is 440 g/mol. The Morgan fingerprint density at radius 2 is 1.48 bits per heavy atom. The molecule has 0 saturated heterocycles. The Balaban J connectivity index is 1.37. The molecular formula is C27H24N2O4. The summed E-state index contributed by atoms with van der Waals surface area (Å²) in [6, 6.07) is 27.9. The predicted octanol–water partition coefficient (Wildman–Crippen LogP) is 5.68. The molecule has 1 N–H and O–H groups in total. The number of nitrogens with one attached hydrogen (secondary N) is 1. The SMILES string of the molecule is Cc1cc(C(=O)OCC(=O)Nc2cccc(Oc3ccccc3)c2)c(C)n1-c1ccccc1. The number of para-hydroxylation sites is 2. The third kappa shape index (κ3) is 5.30. The summed E-state index contributed by atoms with van der Waals surface area (Å²) in [6.07, 6.45) is 0. The second-order valence-electron chi connectivity index (χ2n) is 7.52. The number of rotatable bonds is 7. The van der Waals surface area contributed by atoms with Crippen LogP contribution >= 0.6 is 0 Å². The Morgan fingerprint density at radius 3 is 2.21 bits per heavy atom. The minimum Gasteiger partial charge on any atom is -0.457 e. The minimum atomic E-state index is -0.540. The van der Waals surface area contributed by atoms with Gasteiger partial charge in [0.25, 0.3) is 5.91 Å². The van der Waals surface area contributed by atoms with Gasteiger partial charge in [-0.2, -0.15) is 0 Å². The molecule has 4 rings (SSSR count). The van der Waals surface area contributed by atoms with Gasteiger partial charge in [0.15, 0.2) is 6.61 Å². The van der Waals surface area contributed by atoms with Crippen molar-refractivity contribution in [2.24, 2.45) is 0 Å². The summed E-state index contributed by atoms with van der Waals surface area (Å²) in [6.45, 7) is 3.39. The fourth-order valence-corrected chi connectivity index (χ4v) is 3.61. The smallest absolute Gasteiger partial charge is 0.340 e. The van der Waals surface area contributed by atoms with Crippen molar-refractivity contribution in [1.82, 2.24) is 4.57 Å². The van der Waals surface area contributed by atoms with Gasteiger partial charge in [0.2, 0.25) is 0 Å². The summed E-state index contributed by atoms with van der Waals surface area (Å²) in [7, 11) is 0. The van der Waals surface area contributed by atoms with Crippen LogP contribution in [-0.2, 0) is 9.53 Å². The largest absolute Gasteiger partial charge is 0.457 e. The normalized spacial score (nSPS) is 10.5. The van der Waals surface area contributed by atoms with Crippen LogP contribution < -0.4 is 10.1 Å². The molecule has 0 aliphatic rings. The molecule has 6 nitrogen and oxygen atoms in total. The van der Waals surface area contributed by atoms with Gasteiger partial charge in [0.1, 0.15) is 11.5 Å². The van der Waals surface area contributed by atoms with E-state index in [4.69, 9.17) is 9.47 Å². The molecule has 0 unspecified atom stereocenters. The van der Waals surface area contributed by atoms with Gasteiger partial charge in [-0.05, 0) is 56.3 Å². The lowest BCUT2D eigenvalue weighted by Gasteiger charge is -2.10. The summed E-state index contributed by atoms with van der Waals surface area (Å²) in [5, 5.41) is 2.73. The fourth-order valence-electron chi connectivity index (χ4n) is 3.61. The third-order valence-electron chi connectivity index (χ3n) is 5.10. The maximum absolute atomic E-state index is 12.6. The van der Waals surface area contributed by atoms with Gasteiger partial charge in [-0.15, -0.1) is 0 Å². The Kier molecular flexibility index (Phi) is 6.55.